The fourth-order valence-corrected chi connectivity index (χ4v) is 2.86. The summed E-state index contributed by atoms with van der Waals surface area (Å²) in [4.78, 5) is 39.2. The minimum atomic E-state index is -0.524. The third-order valence-electron chi connectivity index (χ3n) is 3.52. The van der Waals surface area contributed by atoms with Crippen molar-refractivity contribution in [2.45, 2.75) is 6.54 Å². The average Bonchev–Trinajstić information content (AvgIpc) is 3.05. The lowest BCUT2D eigenvalue weighted by Gasteiger charge is -2.22. The van der Waals surface area contributed by atoms with Gasteiger partial charge >= 0.3 is 5.69 Å². The molecule has 8 heteroatoms. The highest BCUT2D eigenvalue weighted by atomic mass is 32.1. The maximum absolute atomic E-state index is 12.8. The van der Waals surface area contributed by atoms with E-state index in [1.165, 1.54) is 24.7 Å². The number of carbonyl (C=O) groups is 1. The highest BCUT2D eigenvalue weighted by molar-refractivity contribution is 7.09. The van der Waals surface area contributed by atoms with E-state index in [-0.39, 0.29) is 11.6 Å². The lowest BCUT2D eigenvalue weighted by Crippen LogP contribution is -2.42. The number of ether oxygens (including phenoxy) is 1. The predicted molar refractivity (Wildman–Crippen MR) is 87.9 cm³/mol. The van der Waals surface area contributed by atoms with Crippen LogP contribution in [0.15, 0.2) is 33.2 Å². The molecular formula is C15H19N3O4S. The van der Waals surface area contributed by atoms with Gasteiger partial charge in [0.1, 0.15) is 5.69 Å². The lowest BCUT2D eigenvalue weighted by atomic mass is 10.3. The van der Waals surface area contributed by atoms with Crippen LogP contribution >= 0.6 is 11.3 Å². The summed E-state index contributed by atoms with van der Waals surface area (Å²) in [6.07, 6.45) is 0. The molecule has 0 fully saturated rings. The van der Waals surface area contributed by atoms with Gasteiger partial charge in [-0.2, -0.15) is 0 Å². The van der Waals surface area contributed by atoms with Crippen molar-refractivity contribution in [2.75, 3.05) is 20.3 Å². The van der Waals surface area contributed by atoms with Crippen molar-refractivity contribution >= 4 is 17.2 Å². The number of thiophene rings is 1. The molecule has 2 rings (SSSR count). The first-order valence-electron chi connectivity index (χ1n) is 7.03. The van der Waals surface area contributed by atoms with Crippen molar-refractivity contribution in [3.8, 4) is 0 Å². The topological polar surface area (TPSA) is 73.5 Å². The molecule has 0 unspecified atom stereocenters. The summed E-state index contributed by atoms with van der Waals surface area (Å²) in [5, 5.41) is 1.93. The maximum Gasteiger partial charge on any atom is 0.331 e. The number of hydrogen-bond acceptors (Lipinski definition) is 5. The van der Waals surface area contributed by atoms with Gasteiger partial charge in [0.2, 0.25) is 0 Å². The lowest BCUT2D eigenvalue weighted by molar-refractivity contribution is 0.0670. The van der Waals surface area contributed by atoms with Gasteiger partial charge in [-0.25, -0.2) is 4.79 Å². The molecule has 0 bridgehead atoms. The molecule has 124 valence electrons. The van der Waals surface area contributed by atoms with Gasteiger partial charge in [-0.05, 0) is 11.4 Å². The van der Waals surface area contributed by atoms with E-state index in [2.05, 4.69) is 0 Å². The molecule has 0 aliphatic rings. The number of nitrogens with zero attached hydrogens (tertiary/aromatic N) is 3. The Balaban J connectivity index is 2.37. The second-order valence-corrected chi connectivity index (χ2v) is 6.10. The summed E-state index contributed by atoms with van der Waals surface area (Å²) >= 11 is 1.54. The molecule has 7 nitrogen and oxygen atoms in total. The molecule has 2 aromatic rings. The molecule has 0 saturated carbocycles. The van der Waals surface area contributed by atoms with Crippen molar-refractivity contribution in [3.63, 3.8) is 0 Å². The van der Waals surface area contributed by atoms with E-state index in [0.717, 1.165) is 9.44 Å². The Morgan fingerprint density at radius 2 is 2.04 bits per heavy atom. The van der Waals surface area contributed by atoms with Gasteiger partial charge in [-0.1, -0.05) is 6.07 Å². The Labute approximate surface area is 137 Å². The number of amides is 1. The van der Waals surface area contributed by atoms with Crippen LogP contribution < -0.4 is 11.2 Å². The molecule has 0 radical (unpaired) electrons. The summed E-state index contributed by atoms with van der Waals surface area (Å²) in [7, 11) is 4.42. The second kappa shape index (κ2) is 7.38. The SMILES string of the molecule is COCCN(Cc1cccs1)C(=O)c1cc(=O)n(C)c(=O)n1C. The molecular weight excluding hydrogens is 318 g/mol. The summed E-state index contributed by atoms with van der Waals surface area (Å²) in [6, 6.07) is 5.03. The van der Waals surface area contributed by atoms with Crippen LogP contribution in [0.5, 0.6) is 0 Å². The van der Waals surface area contributed by atoms with Crippen LogP contribution in [0.1, 0.15) is 15.4 Å². The van der Waals surface area contributed by atoms with Crippen molar-refractivity contribution in [2.24, 2.45) is 14.1 Å². The third-order valence-corrected chi connectivity index (χ3v) is 4.39. The Kier molecular flexibility index (Phi) is 5.51. The molecule has 23 heavy (non-hydrogen) atoms. The fourth-order valence-electron chi connectivity index (χ4n) is 2.14. The summed E-state index contributed by atoms with van der Waals surface area (Å²) in [5.41, 5.74) is -0.950. The maximum atomic E-state index is 12.8. The molecule has 2 aromatic heterocycles. The largest absolute Gasteiger partial charge is 0.383 e. The van der Waals surface area contributed by atoms with Crippen LogP contribution in [-0.2, 0) is 25.4 Å². The first-order valence-corrected chi connectivity index (χ1v) is 7.91. The van der Waals surface area contributed by atoms with Crippen LogP contribution in [0.3, 0.4) is 0 Å². The highest BCUT2D eigenvalue weighted by Crippen LogP contribution is 2.13. The van der Waals surface area contributed by atoms with Crippen molar-refractivity contribution in [1.82, 2.24) is 14.0 Å². The number of hydrogen-bond donors (Lipinski definition) is 0. The third kappa shape index (κ3) is 3.77. The Bertz CT molecular complexity index is 792. The van der Waals surface area contributed by atoms with Crippen molar-refractivity contribution in [1.29, 1.82) is 0 Å². The zero-order valence-corrected chi connectivity index (χ0v) is 14.1. The predicted octanol–water partition coefficient (Wildman–Crippen LogP) is 0.434. The monoisotopic (exact) mass is 337 g/mol. The van der Waals surface area contributed by atoms with E-state index in [1.54, 1.807) is 23.3 Å². The molecule has 2 heterocycles. The summed E-state index contributed by atoms with van der Waals surface area (Å²) in [5.74, 6) is -0.368. The molecule has 0 saturated heterocycles. The average molecular weight is 337 g/mol. The Morgan fingerprint density at radius 1 is 1.30 bits per heavy atom. The summed E-state index contributed by atoms with van der Waals surface area (Å²) < 4.78 is 7.21. The zero-order valence-electron chi connectivity index (χ0n) is 13.3. The summed E-state index contributed by atoms with van der Waals surface area (Å²) in [6.45, 7) is 1.15. The highest BCUT2D eigenvalue weighted by Gasteiger charge is 2.20. The van der Waals surface area contributed by atoms with Crippen molar-refractivity contribution < 1.29 is 9.53 Å². The van der Waals surface area contributed by atoms with Crippen LogP contribution in [0.2, 0.25) is 0 Å². The van der Waals surface area contributed by atoms with Gasteiger partial charge in [-0.3, -0.25) is 18.7 Å². The zero-order chi connectivity index (χ0) is 17.0. The number of rotatable bonds is 6. The minimum absolute atomic E-state index is 0.0748. The second-order valence-electron chi connectivity index (χ2n) is 5.07. The molecule has 0 spiro atoms. The molecule has 0 aliphatic heterocycles. The standard InChI is InChI=1S/C15H19N3O4S/c1-16-12(9-13(19)17(2)15(16)21)14(20)18(6-7-22-3)10-11-5-4-8-23-11/h4-5,8-9H,6-7,10H2,1-3H3. The van der Waals surface area contributed by atoms with E-state index in [9.17, 15) is 14.4 Å². The van der Waals surface area contributed by atoms with Gasteiger partial charge in [0.25, 0.3) is 11.5 Å². The van der Waals surface area contributed by atoms with E-state index in [0.29, 0.717) is 19.7 Å². The first-order chi connectivity index (χ1) is 11.0. The van der Waals surface area contributed by atoms with Gasteiger partial charge in [-0.15, -0.1) is 11.3 Å². The fraction of sp³-hybridized carbons (Fsp3) is 0.400. The van der Waals surface area contributed by atoms with Crippen LogP contribution in [-0.4, -0.2) is 40.2 Å². The van der Waals surface area contributed by atoms with E-state index in [1.807, 2.05) is 17.5 Å². The number of methoxy groups -OCH3 is 1. The van der Waals surface area contributed by atoms with Crippen LogP contribution in [0.4, 0.5) is 0 Å². The normalized spacial score (nSPS) is 10.7. The Hall–Kier alpha value is -2.19. The van der Waals surface area contributed by atoms with Gasteiger partial charge in [0.15, 0.2) is 0 Å². The first kappa shape index (κ1) is 17.2. The molecule has 1 amide bonds. The van der Waals surface area contributed by atoms with Gasteiger partial charge in [0, 0.05) is 38.7 Å². The molecule has 0 atom stereocenters. The van der Waals surface area contributed by atoms with Crippen LogP contribution in [0, 0.1) is 0 Å². The van der Waals surface area contributed by atoms with E-state index < -0.39 is 11.2 Å². The number of aromatic nitrogens is 2. The quantitative estimate of drug-likeness (QED) is 0.766. The molecule has 0 aliphatic carbocycles. The Morgan fingerprint density at radius 3 is 2.65 bits per heavy atom. The number of carbonyl (C=O) groups excluding carboxylic acids is 1. The van der Waals surface area contributed by atoms with E-state index in [4.69, 9.17) is 4.74 Å². The van der Waals surface area contributed by atoms with E-state index >= 15 is 0 Å². The molecule has 0 aromatic carbocycles. The van der Waals surface area contributed by atoms with Gasteiger partial charge in [0.05, 0.1) is 13.2 Å². The van der Waals surface area contributed by atoms with Crippen molar-refractivity contribution in [3.05, 3.63) is 55.0 Å². The molecule has 0 N–H and O–H groups in total. The van der Waals surface area contributed by atoms with Gasteiger partial charge < -0.3 is 9.64 Å². The minimum Gasteiger partial charge on any atom is -0.383 e. The van der Waals surface area contributed by atoms with Crippen LogP contribution in [0.25, 0.3) is 0 Å². The smallest absolute Gasteiger partial charge is 0.331 e.